The van der Waals surface area contributed by atoms with Crippen LogP contribution in [0.1, 0.15) is 37.8 Å². The third kappa shape index (κ3) is 8.46. The summed E-state index contributed by atoms with van der Waals surface area (Å²) in [4.78, 5) is 27.3. The fraction of sp³-hybridized carbons (Fsp3) is 0.417. The summed E-state index contributed by atoms with van der Waals surface area (Å²) in [5.74, 6) is 1.60. The van der Waals surface area contributed by atoms with Crippen molar-refractivity contribution in [2.24, 2.45) is 0 Å². The van der Waals surface area contributed by atoms with Gasteiger partial charge in [0.2, 0.25) is 11.8 Å². The molecule has 1 N–H and O–H groups in total. The molecular formula is C24H31ClN2O3S. The molecule has 0 saturated heterocycles. The van der Waals surface area contributed by atoms with E-state index in [9.17, 15) is 9.59 Å². The molecule has 0 aliphatic rings. The van der Waals surface area contributed by atoms with Gasteiger partial charge in [-0.2, -0.15) is 0 Å². The van der Waals surface area contributed by atoms with Gasteiger partial charge in [-0.25, -0.2) is 0 Å². The van der Waals surface area contributed by atoms with Gasteiger partial charge in [0.25, 0.3) is 0 Å². The van der Waals surface area contributed by atoms with Crippen molar-refractivity contribution in [3.63, 3.8) is 0 Å². The van der Waals surface area contributed by atoms with E-state index in [-0.39, 0.29) is 11.8 Å². The van der Waals surface area contributed by atoms with Gasteiger partial charge in [-0.15, -0.1) is 11.8 Å². The van der Waals surface area contributed by atoms with Gasteiger partial charge in [0, 0.05) is 23.9 Å². The molecule has 7 heteroatoms. The smallest absolute Gasteiger partial charge is 0.242 e. The lowest BCUT2D eigenvalue weighted by Gasteiger charge is -2.29. The molecule has 0 aromatic heterocycles. The number of carbonyl (C=O) groups excluding carboxylic acids is 2. The molecule has 31 heavy (non-hydrogen) atoms. The van der Waals surface area contributed by atoms with E-state index in [1.54, 1.807) is 25.0 Å². The molecule has 0 radical (unpaired) electrons. The van der Waals surface area contributed by atoms with E-state index >= 15 is 0 Å². The molecule has 0 unspecified atom stereocenters. The molecule has 2 amide bonds. The summed E-state index contributed by atoms with van der Waals surface area (Å²) in [7, 11) is 1.64. The molecule has 0 aliphatic heterocycles. The molecular weight excluding hydrogens is 432 g/mol. The summed E-state index contributed by atoms with van der Waals surface area (Å²) in [5, 5.41) is 3.54. The molecule has 168 valence electrons. The highest BCUT2D eigenvalue weighted by molar-refractivity contribution is 7.99. The van der Waals surface area contributed by atoms with Crippen molar-refractivity contribution in [3.8, 4) is 5.75 Å². The molecule has 5 nitrogen and oxygen atoms in total. The minimum atomic E-state index is -0.565. The summed E-state index contributed by atoms with van der Waals surface area (Å²) in [6.07, 6.45) is 1.92. The van der Waals surface area contributed by atoms with Crippen LogP contribution in [0.4, 0.5) is 0 Å². The molecule has 1 atom stereocenters. The average molecular weight is 463 g/mol. The monoisotopic (exact) mass is 462 g/mol. The minimum Gasteiger partial charge on any atom is -0.497 e. The third-order valence-corrected chi connectivity index (χ3v) is 6.12. The number of thioether (sulfide) groups is 1. The van der Waals surface area contributed by atoms with Crippen LogP contribution in [0.3, 0.4) is 0 Å². The molecule has 2 rings (SSSR count). The predicted octanol–water partition coefficient (Wildman–Crippen LogP) is 4.92. The Hall–Kier alpha value is -2.18. The highest BCUT2D eigenvalue weighted by Crippen LogP contribution is 2.19. The molecule has 0 saturated carbocycles. The number of rotatable bonds is 12. The lowest BCUT2D eigenvalue weighted by molar-refractivity contribution is -0.138. The fourth-order valence-electron chi connectivity index (χ4n) is 3.01. The Bertz CT molecular complexity index is 845. The quantitative estimate of drug-likeness (QED) is 0.455. The zero-order valence-electron chi connectivity index (χ0n) is 18.4. The molecule has 0 heterocycles. The largest absolute Gasteiger partial charge is 0.497 e. The van der Waals surface area contributed by atoms with Crippen molar-refractivity contribution in [3.05, 3.63) is 64.7 Å². The van der Waals surface area contributed by atoms with Crippen molar-refractivity contribution < 1.29 is 14.3 Å². The van der Waals surface area contributed by atoms with Crippen LogP contribution in [0.5, 0.6) is 5.75 Å². The maximum atomic E-state index is 13.1. The van der Waals surface area contributed by atoms with Gasteiger partial charge < -0.3 is 15.0 Å². The van der Waals surface area contributed by atoms with Gasteiger partial charge >= 0.3 is 0 Å². The van der Waals surface area contributed by atoms with E-state index in [2.05, 4.69) is 12.2 Å². The molecule has 2 aromatic rings. The van der Waals surface area contributed by atoms with Crippen LogP contribution < -0.4 is 10.1 Å². The topological polar surface area (TPSA) is 58.6 Å². The Morgan fingerprint density at radius 2 is 1.90 bits per heavy atom. The Morgan fingerprint density at radius 1 is 1.16 bits per heavy atom. The number of benzene rings is 2. The summed E-state index contributed by atoms with van der Waals surface area (Å²) >= 11 is 7.64. The summed E-state index contributed by atoms with van der Waals surface area (Å²) in [6.45, 7) is 4.80. The normalized spacial score (nSPS) is 11.6. The van der Waals surface area contributed by atoms with E-state index in [4.69, 9.17) is 16.3 Å². The number of ether oxygens (including phenoxy) is 1. The van der Waals surface area contributed by atoms with Gasteiger partial charge in [0.15, 0.2) is 0 Å². The lowest BCUT2D eigenvalue weighted by atomic mass is 10.1. The Labute approximate surface area is 194 Å². The fourth-order valence-corrected chi connectivity index (χ4v) is 4.10. The second-order valence-corrected chi connectivity index (χ2v) is 8.74. The summed E-state index contributed by atoms with van der Waals surface area (Å²) in [5.41, 5.74) is 2.01. The lowest BCUT2D eigenvalue weighted by Crippen LogP contribution is -2.48. The number of unbranched alkanes of at least 4 members (excludes halogenated alkanes) is 1. The van der Waals surface area contributed by atoms with Crippen LogP contribution in [-0.2, 0) is 21.9 Å². The van der Waals surface area contributed by atoms with Crippen LogP contribution in [0.25, 0.3) is 0 Å². The van der Waals surface area contributed by atoms with E-state index < -0.39 is 6.04 Å². The second kappa shape index (κ2) is 13.3. The van der Waals surface area contributed by atoms with Gasteiger partial charge in [-0.05, 0) is 48.7 Å². The highest BCUT2D eigenvalue weighted by atomic mass is 35.5. The molecule has 0 aliphatic carbocycles. The van der Waals surface area contributed by atoms with Crippen LogP contribution in [-0.4, -0.2) is 42.2 Å². The van der Waals surface area contributed by atoms with Gasteiger partial charge in [-0.3, -0.25) is 9.59 Å². The van der Waals surface area contributed by atoms with Crippen LogP contribution in [0.2, 0.25) is 5.02 Å². The Kier molecular flexibility index (Phi) is 10.7. The van der Waals surface area contributed by atoms with Crippen molar-refractivity contribution in [1.29, 1.82) is 0 Å². The highest BCUT2D eigenvalue weighted by Gasteiger charge is 2.25. The predicted molar refractivity (Wildman–Crippen MR) is 129 cm³/mol. The van der Waals surface area contributed by atoms with Crippen molar-refractivity contribution >= 4 is 35.2 Å². The summed E-state index contributed by atoms with van der Waals surface area (Å²) < 4.78 is 5.18. The SMILES string of the molecule is CCCCNC(=O)[C@H](C)N(Cc1cccc(Cl)c1)C(=O)CSCc1ccc(OC)cc1. The first-order chi connectivity index (χ1) is 14.9. The number of carbonyl (C=O) groups is 2. The van der Waals surface area contributed by atoms with E-state index in [1.165, 1.54) is 11.8 Å². The maximum absolute atomic E-state index is 13.1. The van der Waals surface area contributed by atoms with E-state index in [0.29, 0.717) is 29.6 Å². The van der Waals surface area contributed by atoms with Crippen LogP contribution in [0.15, 0.2) is 48.5 Å². The Morgan fingerprint density at radius 3 is 2.55 bits per heavy atom. The first kappa shape index (κ1) is 25.1. The number of amides is 2. The van der Waals surface area contributed by atoms with Gasteiger partial charge in [0.1, 0.15) is 11.8 Å². The molecule has 0 bridgehead atoms. The molecule has 0 spiro atoms. The zero-order chi connectivity index (χ0) is 22.6. The molecule has 0 fully saturated rings. The number of hydrogen-bond donors (Lipinski definition) is 1. The van der Waals surface area contributed by atoms with Crippen LogP contribution in [0, 0.1) is 0 Å². The van der Waals surface area contributed by atoms with E-state index in [0.717, 1.165) is 29.7 Å². The summed E-state index contributed by atoms with van der Waals surface area (Å²) in [6, 6.07) is 14.6. The van der Waals surface area contributed by atoms with Crippen molar-refractivity contribution in [2.45, 2.75) is 45.0 Å². The van der Waals surface area contributed by atoms with Crippen LogP contribution >= 0.6 is 23.4 Å². The number of nitrogens with one attached hydrogen (secondary N) is 1. The maximum Gasteiger partial charge on any atom is 0.242 e. The number of halogens is 1. The van der Waals surface area contributed by atoms with Gasteiger partial charge in [-0.1, -0.05) is 49.2 Å². The van der Waals surface area contributed by atoms with Crippen molar-refractivity contribution in [1.82, 2.24) is 10.2 Å². The first-order valence-electron chi connectivity index (χ1n) is 10.5. The number of nitrogens with zero attached hydrogens (tertiary/aromatic N) is 1. The van der Waals surface area contributed by atoms with E-state index in [1.807, 2.05) is 42.5 Å². The zero-order valence-corrected chi connectivity index (χ0v) is 20.0. The third-order valence-electron chi connectivity index (χ3n) is 4.89. The number of hydrogen-bond acceptors (Lipinski definition) is 4. The second-order valence-electron chi connectivity index (χ2n) is 7.31. The molecule has 2 aromatic carbocycles. The minimum absolute atomic E-state index is 0.0726. The standard InChI is InChI=1S/C24H31ClN2O3S/c1-4-5-13-26-24(29)18(2)27(15-20-7-6-8-21(25)14-20)23(28)17-31-16-19-9-11-22(30-3)12-10-19/h6-12,14,18H,4-5,13,15-17H2,1-3H3,(H,26,29)/t18-/m0/s1. The number of methoxy groups -OCH3 is 1. The Balaban J connectivity index is 2.02. The first-order valence-corrected chi connectivity index (χ1v) is 12.0. The van der Waals surface area contributed by atoms with Gasteiger partial charge in [0.05, 0.1) is 12.9 Å². The van der Waals surface area contributed by atoms with Crippen molar-refractivity contribution in [2.75, 3.05) is 19.4 Å². The average Bonchev–Trinajstić information content (AvgIpc) is 2.77.